The van der Waals surface area contributed by atoms with E-state index in [0.717, 1.165) is 15.0 Å². The van der Waals surface area contributed by atoms with Crippen molar-refractivity contribution in [1.82, 2.24) is 0 Å². The first-order valence-corrected chi connectivity index (χ1v) is 7.51. The van der Waals surface area contributed by atoms with Crippen molar-refractivity contribution in [3.8, 4) is 0 Å². The van der Waals surface area contributed by atoms with Crippen molar-refractivity contribution < 1.29 is 19.1 Å². The Bertz CT molecular complexity index is 798. The molecule has 5 heteroatoms. The number of nitrogens with zero attached hydrogens (tertiary/aromatic N) is 2. The lowest BCUT2D eigenvalue weighted by molar-refractivity contribution is -0.930. The van der Waals surface area contributed by atoms with Crippen LogP contribution in [0.1, 0.15) is 31.4 Å². The molecule has 1 aliphatic heterocycles. The molecule has 0 amide bonds. The summed E-state index contributed by atoms with van der Waals surface area (Å²) < 4.78 is 15.0. The normalized spacial score (nSPS) is 21.2. The van der Waals surface area contributed by atoms with Crippen LogP contribution in [-0.2, 0) is 5.66 Å². The molecule has 0 aliphatic carbocycles. The smallest absolute Gasteiger partial charge is 0.431 e. The molecule has 1 aliphatic rings. The fourth-order valence-corrected chi connectivity index (χ4v) is 2.99. The monoisotopic (exact) mass is 313 g/mol. The summed E-state index contributed by atoms with van der Waals surface area (Å²) in [5.74, 6) is -0.385. The van der Waals surface area contributed by atoms with Gasteiger partial charge in [-0.25, -0.2) is 4.39 Å². The second-order valence-electron chi connectivity index (χ2n) is 5.65. The molecule has 2 aromatic carbocycles. The summed E-state index contributed by atoms with van der Waals surface area (Å²) in [6.07, 6.45) is 0.474. The molecule has 4 nitrogen and oxygen atoms in total. The topological polar surface area (TPSA) is 49.3 Å². The Hall–Kier alpha value is -2.69. The Morgan fingerprint density at radius 3 is 2.26 bits per heavy atom. The van der Waals surface area contributed by atoms with Crippen molar-refractivity contribution in [1.29, 1.82) is 0 Å². The molecular weight excluding hydrogens is 295 g/mol. The second-order valence-corrected chi connectivity index (χ2v) is 5.65. The van der Waals surface area contributed by atoms with Gasteiger partial charge in [0.05, 0.1) is 17.2 Å². The molecule has 0 radical (unpaired) electrons. The molecule has 0 spiro atoms. The number of hydrogen-bond acceptors (Lipinski definition) is 2. The minimum absolute atomic E-state index is 0.385. The maximum atomic E-state index is 13.2. The molecule has 0 fully saturated rings. The van der Waals surface area contributed by atoms with Gasteiger partial charge in [-0.2, -0.15) is 0 Å². The van der Waals surface area contributed by atoms with E-state index in [1.165, 1.54) is 24.3 Å². The Morgan fingerprint density at radius 2 is 1.70 bits per heavy atom. The standard InChI is InChI=1S/C18H18FN2O2/c1-3-16-17(13-7-5-4-6-8-13)21(23)18(2,20(16)22)14-9-11-15(19)12-10-14/h4-12,23H,3H2,1-2H3/q+1/t18-/m0/s1. The third kappa shape index (κ3) is 2.20. The predicted octanol–water partition coefficient (Wildman–Crippen LogP) is 3.26. The van der Waals surface area contributed by atoms with Crippen LogP contribution >= 0.6 is 0 Å². The Labute approximate surface area is 134 Å². The van der Waals surface area contributed by atoms with Gasteiger partial charge in [-0.05, 0) is 36.4 Å². The molecular formula is C18H18FN2O2+. The lowest BCUT2D eigenvalue weighted by Crippen LogP contribution is -2.40. The quantitative estimate of drug-likeness (QED) is 0.537. The zero-order chi connectivity index (χ0) is 16.6. The van der Waals surface area contributed by atoms with E-state index in [0.29, 0.717) is 23.4 Å². The first-order chi connectivity index (χ1) is 11.0. The highest BCUT2D eigenvalue weighted by atomic mass is 19.1. The summed E-state index contributed by atoms with van der Waals surface area (Å²) >= 11 is 0. The van der Waals surface area contributed by atoms with E-state index in [4.69, 9.17) is 0 Å². The van der Waals surface area contributed by atoms with Crippen LogP contribution in [0.4, 0.5) is 4.39 Å². The van der Waals surface area contributed by atoms with Crippen molar-refractivity contribution in [2.45, 2.75) is 25.9 Å². The van der Waals surface area contributed by atoms with Crippen molar-refractivity contribution in [2.75, 3.05) is 0 Å². The molecule has 0 aromatic heterocycles. The number of halogens is 1. The van der Waals surface area contributed by atoms with Gasteiger partial charge < -0.3 is 5.21 Å². The van der Waals surface area contributed by atoms with Crippen LogP contribution in [0.3, 0.4) is 0 Å². The number of rotatable bonds is 3. The molecule has 0 saturated carbocycles. The molecule has 3 rings (SSSR count). The van der Waals surface area contributed by atoms with Gasteiger partial charge in [-0.1, -0.05) is 25.1 Å². The summed E-state index contributed by atoms with van der Waals surface area (Å²) in [7, 11) is 0. The van der Waals surface area contributed by atoms with Crippen LogP contribution in [0.15, 0.2) is 54.6 Å². The fraction of sp³-hybridized carbons (Fsp3) is 0.222. The summed E-state index contributed by atoms with van der Waals surface area (Å²) in [5.41, 5.74) is 0.928. The van der Waals surface area contributed by atoms with Gasteiger partial charge in [-0.15, -0.1) is 4.74 Å². The van der Waals surface area contributed by atoms with Gasteiger partial charge in [0.2, 0.25) is 0 Å². The lowest BCUT2D eigenvalue weighted by Gasteiger charge is -2.17. The van der Waals surface area contributed by atoms with Crippen LogP contribution in [0.2, 0.25) is 0 Å². The van der Waals surface area contributed by atoms with Gasteiger partial charge in [-0.3, -0.25) is 5.21 Å². The Morgan fingerprint density at radius 1 is 1.09 bits per heavy atom. The number of benzene rings is 2. The molecule has 1 N–H and O–H groups in total. The van der Waals surface area contributed by atoms with Crippen LogP contribution in [0, 0.1) is 11.0 Å². The van der Waals surface area contributed by atoms with Crippen LogP contribution < -0.4 is 0 Å². The van der Waals surface area contributed by atoms with Gasteiger partial charge in [0.1, 0.15) is 11.4 Å². The van der Waals surface area contributed by atoms with Gasteiger partial charge >= 0.3 is 11.4 Å². The fourth-order valence-electron chi connectivity index (χ4n) is 2.99. The van der Waals surface area contributed by atoms with Crippen molar-refractivity contribution in [3.05, 3.63) is 76.7 Å². The maximum Gasteiger partial charge on any atom is 0.431 e. The zero-order valence-corrected chi connectivity index (χ0v) is 13.0. The van der Waals surface area contributed by atoms with Crippen molar-refractivity contribution in [3.63, 3.8) is 0 Å². The predicted molar refractivity (Wildman–Crippen MR) is 85.3 cm³/mol. The molecule has 0 saturated heterocycles. The summed E-state index contributed by atoms with van der Waals surface area (Å²) in [6.45, 7) is 3.49. The highest BCUT2D eigenvalue weighted by molar-refractivity contribution is 6.44. The molecule has 23 heavy (non-hydrogen) atoms. The minimum atomic E-state index is -1.33. The summed E-state index contributed by atoms with van der Waals surface area (Å²) in [5, 5.41) is 23.7. The lowest BCUT2D eigenvalue weighted by atomic mass is 10.0. The van der Waals surface area contributed by atoms with Crippen LogP contribution in [0.5, 0.6) is 0 Å². The molecule has 1 atom stereocenters. The second kappa shape index (κ2) is 5.50. The third-order valence-corrected chi connectivity index (χ3v) is 4.31. The highest BCUT2D eigenvalue weighted by Crippen LogP contribution is 2.31. The van der Waals surface area contributed by atoms with Crippen molar-refractivity contribution >= 4 is 11.4 Å². The molecule has 0 bridgehead atoms. The molecule has 118 valence electrons. The molecule has 0 unspecified atom stereocenters. The summed E-state index contributed by atoms with van der Waals surface area (Å²) in [4.78, 5) is 0. The SMILES string of the molecule is CCC1=[N+]([O-])[C@](C)(c2ccc(F)cc2)[N+](O)=C1c1ccccc1. The van der Waals surface area contributed by atoms with Gasteiger partial charge in [0.15, 0.2) is 0 Å². The Kier molecular flexibility index (Phi) is 3.64. The first kappa shape index (κ1) is 15.2. The highest BCUT2D eigenvalue weighted by Gasteiger charge is 2.59. The van der Waals surface area contributed by atoms with E-state index >= 15 is 0 Å². The van der Waals surface area contributed by atoms with E-state index in [9.17, 15) is 14.8 Å². The van der Waals surface area contributed by atoms with Crippen LogP contribution in [0.25, 0.3) is 0 Å². The maximum absolute atomic E-state index is 13.2. The average Bonchev–Trinajstić information content (AvgIpc) is 2.77. The van der Waals surface area contributed by atoms with E-state index in [2.05, 4.69) is 0 Å². The third-order valence-electron chi connectivity index (χ3n) is 4.31. The van der Waals surface area contributed by atoms with Gasteiger partial charge in [0.25, 0.3) is 5.71 Å². The Balaban J connectivity index is 2.24. The van der Waals surface area contributed by atoms with E-state index < -0.39 is 5.66 Å². The number of hydroxylamine groups is 2. The van der Waals surface area contributed by atoms with Gasteiger partial charge in [0, 0.05) is 6.42 Å². The first-order valence-electron chi connectivity index (χ1n) is 7.51. The molecule has 1 heterocycles. The largest absolute Gasteiger partial charge is 0.618 e. The van der Waals surface area contributed by atoms with E-state index in [-0.39, 0.29) is 5.82 Å². The van der Waals surface area contributed by atoms with Crippen LogP contribution in [-0.4, -0.2) is 26.1 Å². The average molecular weight is 313 g/mol. The number of hydrogen-bond donors (Lipinski definition) is 1. The van der Waals surface area contributed by atoms with Crippen molar-refractivity contribution in [2.24, 2.45) is 0 Å². The summed E-state index contributed by atoms with van der Waals surface area (Å²) in [6, 6.07) is 14.9. The molecule has 2 aromatic rings. The van der Waals surface area contributed by atoms with E-state index in [1.807, 2.05) is 37.3 Å². The zero-order valence-electron chi connectivity index (χ0n) is 13.0. The van der Waals surface area contributed by atoms with E-state index in [1.54, 1.807) is 6.92 Å². The minimum Gasteiger partial charge on any atom is -0.618 e.